The normalized spacial score (nSPS) is 12.1. The quantitative estimate of drug-likeness (QED) is 0.858. The highest BCUT2D eigenvalue weighted by molar-refractivity contribution is 7.16. The van der Waals surface area contributed by atoms with Crippen LogP contribution >= 0.6 is 11.3 Å². The molecule has 7 heteroatoms. The van der Waals surface area contributed by atoms with Gasteiger partial charge in [-0.05, 0) is 37.1 Å². The molecular formula is C17H17NO5S. The summed E-state index contributed by atoms with van der Waals surface area (Å²) < 4.78 is 15.4. The van der Waals surface area contributed by atoms with Crippen LogP contribution in [0.25, 0.3) is 0 Å². The van der Waals surface area contributed by atoms with E-state index in [1.165, 1.54) is 18.4 Å². The summed E-state index contributed by atoms with van der Waals surface area (Å²) >= 11 is 1.37. The number of esters is 1. The van der Waals surface area contributed by atoms with Gasteiger partial charge in [0.15, 0.2) is 11.5 Å². The second-order valence-corrected chi connectivity index (χ2v) is 6.43. The van der Waals surface area contributed by atoms with E-state index in [4.69, 9.17) is 14.2 Å². The third kappa shape index (κ3) is 2.82. The molecule has 0 radical (unpaired) electrons. The fourth-order valence-corrected chi connectivity index (χ4v) is 3.75. The Labute approximate surface area is 143 Å². The number of aryl methyl sites for hydroxylation is 1. The standard InChI is InChI=1S/C17H17NO5S/c1-4-11-9(2)24-16(14(11)17(20)21-3)18-15(19)10-5-6-12-13(7-10)23-8-22-12/h5-7H,4,8H2,1-3H3,(H,18,19). The van der Waals surface area contributed by atoms with Crippen LogP contribution in [0.1, 0.15) is 38.1 Å². The van der Waals surface area contributed by atoms with Gasteiger partial charge in [0.25, 0.3) is 5.91 Å². The van der Waals surface area contributed by atoms with Gasteiger partial charge in [0.05, 0.1) is 12.7 Å². The van der Waals surface area contributed by atoms with Crippen molar-refractivity contribution in [3.05, 3.63) is 39.8 Å². The summed E-state index contributed by atoms with van der Waals surface area (Å²) in [6.45, 7) is 4.04. The second-order valence-electron chi connectivity index (χ2n) is 5.21. The number of carbonyl (C=O) groups excluding carboxylic acids is 2. The molecule has 1 amide bonds. The lowest BCUT2D eigenvalue weighted by Crippen LogP contribution is -2.14. The molecule has 1 aliphatic rings. The SMILES string of the molecule is CCc1c(C)sc(NC(=O)c2ccc3c(c2)OCO3)c1C(=O)OC. The summed E-state index contributed by atoms with van der Waals surface area (Å²) in [5.41, 5.74) is 1.75. The van der Waals surface area contributed by atoms with Gasteiger partial charge < -0.3 is 19.5 Å². The minimum atomic E-state index is -0.447. The number of rotatable bonds is 4. The van der Waals surface area contributed by atoms with Crippen LogP contribution in [-0.2, 0) is 11.2 Å². The molecule has 0 fully saturated rings. The third-order valence-corrected chi connectivity index (χ3v) is 4.88. The maximum absolute atomic E-state index is 12.5. The van der Waals surface area contributed by atoms with Crippen LogP contribution in [0.4, 0.5) is 5.00 Å². The van der Waals surface area contributed by atoms with E-state index in [9.17, 15) is 9.59 Å². The first kappa shape index (κ1) is 16.3. The molecule has 0 bridgehead atoms. The zero-order chi connectivity index (χ0) is 17.3. The first-order valence-electron chi connectivity index (χ1n) is 7.46. The summed E-state index contributed by atoms with van der Waals surface area (Å²) in [6, 6.07) is 4.97. The number of methoxy groups -OCH3 is 1. The van der Waals surface area contributed by atoms with Crippen LogP contribution in [-0.4, -0.2) is 25.8 Å². The second kappa shape index (κ2) is 6.52. The number of anilines is 1. The average Bonchev–Trinajstić information content (AvgIpc) is 3.16. The molecule has 0 saturated carbocycles. The van der Waals surface area contributed by atoms with Gasteiger partial charge in [-0.25, -0.2) is 4.79 Å². The van der Waals surface area contributed by atoms with Gasteiger partial charge in [0.2, 0.25) is 6.79 Å². The number of hydrogen-bond donors (Lipinski definition) is 1. The van der Waals surface area contributed by atoms with Crippen molar-refractivity contribution in [3.8, 4) is 11.5 Å². The Hall–Kier alpha value is -2.54. The fourth-order valence-electron chi connectivity index (χ4n) is 2.62. The van der Waals surface area contributed by atoms with Gasteiger partial charge in [0, 0.05) is 10.4 Å². The Morgan fingerprint density at radius 3 is 2.75 bits per heavy atom. The Kier molecular flexibility index (Phi) is 4.44. The van der Waals surface area contributed by atoms with Crippen LogP contribution in [0.2, 0.25) is 0 Å². The number of fused-ring (bicyclic) bond motifs is 1. The van der Waals surface area contributed by atoms with E-state index < -0.39 is 5.97 Å². The summed E-state index contributed by atoms with van der Waals surface area (Å²) in [4.78, 5) is 25.6. The number of thiophene rings is 1. The van der Waals surface area contributed by atoms with Gasteiger partial charge in [-0.15, -0.1) is 11.3 Å². The highest BCUT2D eigenvalue weighted by atomic mass is 32.1. The van der Waals surface area contributed by atoms with Crippen LogP contribution in [0.5, 0.6) is 11.5 Å². The van der Waals surface area contributed by atoms with Crippen molar-refractivity contribution in [2.24, 2.45) is 0 Å². The van der Waals surface area contributed by atoms with Crippen molar-refractivity contribution in [3.63, 3.8) is 0 Å². The molecule has 2 heterocycles. The molecular weight excluding hydrogens is 330 g/mol. The molecule has 3 rings (SSSR count). The number of amides is 1. The van der Waals surface area contributed by atoms with E-state index in [0.29, 0.717) is 34.0 Å². The van der Waals surface area contributed by atoms with Crippen molar-refractivity contribution in [2.75, 3.05) is 19.2 Å². The number of benzene rings is 1. The summed E-state index contributed by atoms with van der Waals surface area (Å²) in [5.74, 6) is 0.383. The Bertz CT molecular complexity index is 812. The van der Waals surface area contributed by atoms with Crippen molar-refractivity contribution >= 4 is 28.2 Å². The van der Waals surface area contributed by atoms with E-state index in [0.717, 1.165) is 10.4 Å². The van der Waals surface area contributed by atoms with Crippen molar-refractivity contribution < 1.29 is 23.8 Å². The average molecular weight is 347 g/mol. The number of carbonyl (C=O) groups is 2. The molecule has 0 saturated heterocycles. The molecule has 1 aromatic carbocycles. The molecule has 6 nitrogen and oxygen atoms in total. The predicted octanol–water partition coefficient (Wildman–Crippen LogP) is 3.39. The molecule has 0 aliphatic carbocycles. The van der Waals surface area contributed by atoms with E-state index in [-0.39, 0.29) is 12.7 Å². The highest BCUT2D eigenvalue weighted by Crippen LogP contribution is 2.35. The smallest absolute Gasteiger partial charge is 0.341 e. The minimum Gasteiger partial charge on any atom is -0.465 e. The maximum atomic E-state index is 12.5. The number of ether oxygens (including phenoxy) is 3. The lowest BCUT2D eigenvalue weighted by molar-refractivity contribution is 0.0601. The third-order valence-electron chi connectivity index (χ3n) is 3.81. The summed E-state index contributed by atoms with van der Waals surface area (Å²) in [7, 11) is 1.33. The van der Waals surface area contributed by atoms with Crippen LogP contribution in [0.15, 0.2) is 18.2 Å². The molecule has 1 N–H and O–H groups in total. The largest absolute Gasteiger partial charge is 0.465 e. The van der Waals surface area contributed by atoms with Crippen LogP contribution < -0.4 is 14.8 Å². The number of hydrogen-bond acceptors (Lipinski definition) is 6. The molecule has 0 spiro atoms. The van der Waals surface area contributed by atoms with Crippen LogP contribution in [0, 0.1) is 6.92 Å². The van der Waals surface area contributed by atoms with E-state index >= 15 is 0 Å². The predicted molar refractivity (Wildman–Crippen MR) is 90.3 cm³/mol. The fraction of sp³-hybridized carbons (Fsp3) is 0.294. The molecule has 126 valence electrons. The van der Waals surface area contributed by atoms with Gasteiger partial charge >= 0.3 is 5.97 Å². The molecule has 0 unspecified atom stereocenters. The van der Waals surface area contributed by atoms with Gasteiger partial charge in [-0.1, -0.05) is 6.92 Å². The zero-order valence-corrected chi connectivity index (χ0v) is 14.4. The van der Waals surface area contributed by atoms with E-state index in [1.807, 2.05) is 13.8 Å². The Balaban J connectivity index is 1.90. The molecule has 1 aliphatic heterocycles. The van der Waals surface area contributed by atoms with Crippen molar-refractivity contribution in [1.82, 2.24) is 0 Å². The van der Waals surface area contributed by atoms with Crippen molar-refractivity contribution in [1.29, 1.82) is 0 Å². The van der Waals surface area contributed by atoms with Crippen LogP contribution in [0.3, 0.4) is 0 Å². The van der Waals surface area contributed by atoms with Gasteiger partial charge in [0.1, 0.15) is 5.00 Å². The lowest BCUT2D eigenvalue weighted by atomic mass is 10.1. The first-order valence-corrected chi connectivity index (χ1v) is 8.28. The molecule has 2 aromatic rings. The Morgan fingerprint density at radius 1 is 1.29 bits per heavy atom. The van der Waals surface area contributed by atoms with E-state index in [2.05, 4.69) is 5.32 Å². The monoisotopic (exact) mass is 347 g/mol. The van der Waals surface area contributed by atoms with Crippen molar-refractivity contribution in [2.45, 2.75) is 20.3 Å². The number of nitrogens with one attached hydrogen (secondary N) is 1. The highest BCUT2D eigenvalue weighted by Gasteiger charge is 2.24. The minimum absolute atomic E-state index is 0.150. The maximum Gasteiger partial charge on any atom is 0.341 e. The lowest BCUT2D eigenvalue weighted by Gasteiger charge is -2.07. The van der Waals surface area contributed by atoms with Gasteiger partial charge in [-0.3, -0.25) is 4.79 Å². The topological polar surface area (TPSA) is 73.9 Å². The van der Waals surface area contributed by atoms with Gasteiger partial charge in [-0.2, -0.15) is 0 Å². The molecule has 24 heavy (non-hydrogen) atoms. The summed E-state index contributed by atoms with van der Waals surface area (Å²) in [5, 5.41) is 3.31. The zero-order valence-electron chi connectivity index (χ0n) is 13.6. The summed E-state index contributed by atoms with van der Waals surface area (Å²) in [6.07, 6.45) is 0.687. The molecule has 0 atom stereocenters. The molecule has 1 aromatic heterocycles. The van der Waals surface area contributed by atoms with E-state index in [1.54, 1.807) is 18.2 Å². The Morgan fingerprint density at radius 2 is 2.04 bits per heavy atom. The first-order chi connectivity index (χ1) is 11.5.